The number of carboxylic acid groups (broad SMARTS) is 1. The van der Waals surface area contributed by atoms with E-state index in [1.807, 2.05) is 32.0 Å². The number of rotatable bonds is 4. The van der Waals surface area contributed by atoms with Gasteiger partial charge in [0.15, 0.2) is 5.69 Å². The molecule has 2 aromatic carbocycles. The molecule has 7 heteroatoms. The summed E-state index contributed by atoms with van der Waals surface area (Å²) in [6, 6.07) is 11.9. The fourth-order valence-corrected chi connectivity index (χ4v) is 2.70. The predicted molar refractivity (Wildman–Crippen MR) is 97.5 cm³/mol. The van der Waals surface area contributed by atoms with Crippen molar-refractivity contribution in [2.75, 3.05) is 5.32 Å². The number of aromatic carboxylic acids is 1. The first-order valence-electron chi connectivity index (χ1n) is 7.97. The molecule has 0 bridgehead atoms. The van der Waals surface area contributed by atoms with E-state index in [9.17, 15) is 19.5 Å². The standard InChI is InChI=1S/C19H17N3O4/c1-11-7-8-12(2)15(9-11)20-16(23)10-22-18(24)14-6-4-3-5-13(14)17(21-22)19(25)26/h3-9H,10H2,1-2H3,(H,20,23)(H,25,26). The van der Waals surface area contributed by atoms with Crippen LogP contribution in [-0.2, 0) is 11.3 Å². The van der Waals surface area contributed by atoms with Crippen LogP contribution in [0.4, 0.5) is 5.69 Å². The van der Waals surface area contributed by atoms with Crippen molar-refractivity contribution in [3.8, 4) is 0 Å². The number of anilines is 1. The van der Waals surface area contributed by atoms with E-state index in [1.54, 1.807) is 12.1 Å². The number of hydrogen-bond donors (Lipinski definition) is 2. The average molecular weight is 351 g/mol. The van der Waals surface area contributed by atoms with Crippen LogP contribution in [0.25, 0.3) is 10.8 Å². The molecule has 0 spiro atoms. The average Bonchev–Trinajstić information content (AvgIpc) is 2.60. The second-order valence-electron chi connectivity index (χ2n) is 6.03. The van der Waals surface area contributed by atoms with E-state index >= 15 is 0 Å². The van der Waals surface area contributed by atoms with Crippen LogP contribution in [0.1, 0.15) is 21.6 Å². The molecule has 1 heterocycles. The third kappa shape index (κ3) is 3.32. The molecule has 0 fully saturated rings. The third-order valence-corrected chi connectivity index (χ3v) is 4.03. The van der Waals surface area contributed by atoms with Crippen LogP contribution < -0.4 is 10.9 Å². The Balaban J connectivity index is 1.97. The van der Waals surface area contributed by atoms with E-state index in [1.165, 1.54) is 12.1 Å². The van der Waals surface area contributed by atoms with Gasteiger partial charge in [-0.25, -0.2) is 9.48 Å². The molecule has 0 aliphatic rings. The number of carboxylic acids is 1. The van der Waals surface area contributed by atoms with Gasteiger partial charge in [-0.1, -0.05) is 30.3 Å². The topological polar surface area (TPSA) is 101 Å². The number of nitrogens with one attached hydrogen (secondary N) is 1. The summed E-state index contributed by atoms with van der Waals surface area (Å²) in [6.07, 6.45) is 0. The predicted octanol–water partition coefficient (Wildman–Crippen LogP) is 2.35. The molecule has 1 amide bonds. The Labute approximate surface area is 148 Å². The minimum Gasteiger partial charge on any atom is -0.476 e. The highest BCUT2D eigenvalue weighted by molar-refractivity contribution is 6.01. The van der Waals surface area contributed by atoms with Crippen LogP contribution in [0.15, 0.2) is 47.3 Å². The largest absolute Gasteiger partial charge is 0.476 e. The summed E-state index contributed by atoms with van der Waals surface area (Å²) in [5.74, 6) is -1.72. The molecule has 1 aromatic heterocycles. The van der Waals surface area contributed by atoms with Crippen molar-refractivity contribution >= 4 is 28.3 Å². The van der Waals surface area contributed by atoms with Gasteiger partial charge >= 0.3 is 5.97 Å². The number of amides is 1. The van der Waals surface area contributed by atoms with Crippen LogP contribution in [0, 0.1) is 13.8 Å². The summed E-state index contributed by atoms with van der Waals surface area (Å²) >= 11 is 0. The zero-order valence-electron chi connectivity index (χ0n) is 14.3. The minimum absolute atomic E-state index is 0.208. The van der Waals surface area contributed by atoms with E-state index in [2.05, 4.69) is 10.4 Å². The van der Waals surface area contributed by atoms with Crippen molar-refractivity contribution in [1.82, 2.24) is 9.78 Å². The highest BCUT2D eigenvalue weighted by Crippen LogP contribution is 2.16. The lowest BCUT2D eigenvalue weighted by atomic mass is 10.1. The summed E-state index contributed by atoms with van der Waals surface area (Å²) in [5, 5.41) is 16.4. The summed E-state index contributed by atoms with van der Waals surface area (Å²) in [6.45, 7) is 3.39. The molecule has 0 saturated carbocycles. The molecule has 0 aliphatic carbocycles. The first-order chi connectivity index (χ1) is 12.4. The summed E-state index contributed by atoms with van der Waals surface area (Å²) < 4.78 is 0.881. The molecule has 3 aromatic rings. The molecular formula is C19H17N3O4. The van der Waals surface area contributed by atoms with E-state index in [-0.39, 0.29) is 23.0 Å². The van der Waals surface area contributed by atoms with Gasteiger partial charge in [0.1, 0.15) is 6.54 Å². The monoisotopic (exact) mass is 351 g/mol. The molecular weight excluding hydrogens is 334 g/mol. The lowest BCUT2D eigenvalue weighted by molar-refractivity contribution is -0.117. The summed E-state index contributed by atoms with van der Waals surface area (Å²) in [5.41, 5.74) is 1.73. The van der Waals surface area contributed by atoms with Crippen molar-refractivity contribution in [2.45, 2.75) is 20.4 Å². The number of fused-ring (bicyclic) bond motifs is 1. The minimum atomic E-state index is -1.26. The Morgan fingerprint density at radius 3 is 2.50 bits per heavy atom. The molecule has 0 radical (unpaired) electrons. The summed E-state index contributed by atoms with van der Waals surface area (Å²) in [4.78, 5) is 36.4. The van der Waals surface area contributed by atoms with E-state index in [4.69, 9.17) is 0 Å². The summed E-state index contributed by atoms with van der Waals surface area (Å²) in [7, 11) is 0. The molecule has 3 rings (SSSR count). The van der Waals surface area contributed by atoms with Gasteiger partial charge in [0, 0.05) is 11.1 Å². The van der Waals surface area contributed by atoms with Gasteiger partial charge in [-0.3, -0.25) is 9.59 Å². The first kappa shape index (κ1) is 17.3. The van der Waals surface area contributed by atoms with E-state index in [0.717, 1.165) is 15.8 Å². The van der Waals surface area contributed by atoms with Gasteiger partial charge in [0.05, 0.1) is 5.39 Å². The highest BCUT2D eigenvalue weighted by atomic mass is 16.4. The SMILES string of the molecule is Cc1ccc(C)c(NC(=O)Cn2nc(C(=O)O)c3ccccc3c2=O)c1. The zero-order chi connectivity index (χ0) is 18.8. The number of carbonyl (C=O) groups is 2. The van der Waals surface area contributed by atoms with E-state index < -0.39 is 17.4 Å². The molecule has 0 unspecified atom stereocenters. The van der Waals surface area contributed by atoms with Crippen LogP contribution in [0.5, 0.6) is 0 Å². The van der Waals surface area contributed by atoms with E-state index in [0.29, 0.717) is 5.69 Å². The molecule has 0 aliphatic heterocycles. The van der Waals surface area contributed by atoms with Gasteiger partial charge in [0.2, 0.25) is 5.91 Å². The van der Waals surface area contributed by atoms with Gasteiger partial charge in [-0.05, 0) is 37.1 Å². The number of nitrogens with zero attached hydrogens (tertiary/aromatic N) is 2. The quantitative estimate of drug-likeness (QED) is 0.751. The smallest absolute Gasteiger partial charge is 0.357 e. The van der Waals surface area contributed by atoms with Gasteiger partial charge in [-0.2, -0.15) is 5.10 Å². The Morgan fingerprint density at radius 2 is 1.81 bits per heavy atom. The van der Waals surface area contributed by atoms with Crippen molar-refractivity contribution in [1.29, 1.82) is 0 Å². The Hall–Kier alpha value is -3.48. The fraction of sp³-hybridized carbons (Fsp3) is 0.158. The van der Waals surface area contributed by atoms with Crippen LogP contribution in [0.3, 0.4) is 0 Å². The molecule has 26 heavy (non-hydrogen) atoms. The van der Waals surface area contributed by atoms with Gasteiger partial charge < -0.3 is 10.4 Å². The maximum absolute atomic E-state index is 12.5. The second kappa shape index (κ2) is 6.79. The lowest BCUT2D eigenvalue weighted by Gasteiger charge is -2.11. The number of carbonyl (C=O) groups excluding carboxylic acids is 1. The fourth-order valence-electron chi connectivity index (χ4n) is 2.70. The Morgan fingerprint density at radius 1 is 1.12 bits per heavy atom. The second-order valence-corrected chi connectivity index (χ2v) is 6.03. The highest BCUT2D eigenvalue weighted by Gasteiger charge is 2.17. The molecule has 7 nitrogen and oxygen atoms in total. The lowest BCUT2D eigenvalue weighted by Crippen LogP contribution is -2.31. The zero-order valence-corrected chi connectivity index (χ0v) is 14.3. The van der Waals surface area contributed by atoms with Gasteiger partial charge in [-0.15, -0.1) is 0 Å². The normalized spacial score (nSPS) is 10.7. The van der Waals surface area contributed by atoms with Crippen molar-refractivity contribution in [2.24, 2.45) is 0 Å². The van der Waals surface area contributed by atoms with Crippen molar-refractivity contribution in [3.63, 3.8) is 0 Å². The van der Waals surface area contributed by atoms with Crippen LogP contribution >= 0.6 is 0 Å². The van der Waals surface area contributed by atoms with Crippen LogP contribution in [0.2, 0.25) is 0 Å². The third-order valence-electron chi connectivity index (χ3n) is 4.03. The van der Waals surface area contributed by atoms with Crippen LogP contribution in [-0.4, -0.2) is 26.8 Å². The number of aromatic nitrogens is 2. The maximum atomic E-state index is 12.5. The van der Waals surface area contributed by atoms with Crippen molar-refractivity contribution in [3.05, 3.63) is 69.6 Å². The van der Waals surface area contributed by atoms with Gasteiger partial charge in [0.25, 0.3) is 5.56 Å². The molecule has 0 saturated heterocycles. The Bertz CT molecular complexity index is 1090. The molecule has 132 valence electrons. The molecule has 2 N–H and O–H groups in total. The number of aryl methyl sites for hydroxylation is 2. The maximum Gasteiger partial charge on any atom is 0.357 e. The Kier molecular flexibility index (Phi) is 4.53. The molecule has 0 atom stereocenters. The van der Waals surface area contributed by atoms with Crippen molar-refractivity contribution < 1.29 is 14.7 Å². The number of benzene rings is 2. The first-order valence-corrected chi connectivity index (χ1v) is 7.97. The number of hydrogen-bond acceptors (Lipinski definition) is 4.